The van der Waals surface area contributed by atoms with Gasteiger partial charge in [0.15, 0.2) is 11.4 Å². The molecule has 0 aliphatic rings. The number of rotatable bonds is 6. The maximum absolute atomic E-state index is 12.0. The van der Waals surface area contributed by atoms with Crippen molar-refractivity contribution in [3.05, 3.63) is 47.9 Å². The third-order valence-corrected chi connectivity index (χ3v) is 2.63. The SMILES string of the molecule is COCC(=O)c1ncc(C(=O)OC)nc1Oc1ccccc1. The molecule has 0 aliphatic heterocycles. The molecule has 0 saturated carbocycles. The Morgan fingerprint density at radius 2 is 1.86 bits per heavy atom. The Morgan fingerprint density at radius 3 is 2.50 bits per heavy atom. The Labute approximate surface area is 126 Å². The van der Waals surface area contributed by atoms with Gasteiger partial charge in [-0.25, -0.2) is 14.8 Å². The highest BCUT2D eigenvalue weighted by molar-refractivity contribution is 5.98. The van der Waals surface area contributed by atoms with E-state index in [-0.39, 0.29) is 23.9 Å². The Hall–Kier alpha value is -2.80. The highest BCUT2D eigenvalue weighted by Gasteiger charge is 2.20. The highest BCUT2D eigenvalue weighted by atomic mass is 16.5. The lowest BCUT2D eigenvalue weighted by molar-refractivity contribution is 0.0591. The molecule has 1 heterocycles. The lowest BCUT2D eigenvalue weighted by Gasteiger charge is -2.09. The van der Waals surface area contributed by atoms with E-state index in [1.807, 2.05) is 6.07 Å². The minimum absolute atomic E-state index is 0.0154. The van der Waals surface area contributed by atoms with Crippen LogP contribution in [0, 0.1) is 0 Å². The van der Waals surface area contributed by atoms with Crippen molar-refractivity contribution in [3.8, 4) is 11.6 Å². The summed E-state index contributed by atoms with van der Waals surface area (Å²) in [6.07, 6.45) is 1.16. The van der Waals surface area contributed by atoms with Crippen LogP contribution in [0.1, 0.15) is 21.0 Å². The van der Waals surface area contributed by atoms with Gasteiger partial charge in [0.25, 0.3) is 0 Å². The summed E-state index contributed by atoms with van der Waals surface area (Å²) in [6, 6.07) is 8.74. The zero-order valence-electron chi connectivity index (χ0n) is 12.1. The van der Waals surface area contributed by atoms with E-state index < -0.39 is 11.8 Å². The molecule has 1 aromatic heterocycles. The van der Waals surface area contributed by atoms with E-state index in [9.17, 15) is 9.59 Å². The molecular weight excluding hydrogens is 288 g/mol. The number of ketones is 1. The number of para-hydroxylation sites is 1. The fourth-order valence-electron chi connectivity index (χ4n) is 1.64. The zero-order valence-corrected chi connectivity index (χ0v) is 12.1. The van der Waals surface area contributed by atoms with Crippen LogP contribution in [-0.2, 0) is 9.47 Å². The van der Waals surface area contributed by atoms with Crippen LogP contribution in [0.4, 0.5) is 0 Å². The van der Waals surface area contributed by atoms with Gasteiger partial charge in [0.1, 0.15) is 12.4 Å². The van der Waals surface area contributed by atoms with Gasteiger partial charge in [-0.05, 0) is 12.1 Å². The lowest BCUT2D eigenvalue weighted by atomic mass is 10.3. The Kier molecular flexibility index (Phi) is 5.16. The number of aromatic nitrogens is 2. The summed E-state index contributed by atoms with van der Waals surface area (Å²) < 4.78 is 14.9. The molecule has 1 aromatic carbocycles. The van der Waals surface area contributed by atoms with Gasteiger partial charge in [-0.3, -0.25) is 4.79 Å². The normalized spacial score (nSPS) is 10.1. The van der Waals surface area contributed by atoms with E-state index in [0.29, 0.717) is 5.75 Å². The molecule has 0 amide bonds. The van der Waals surface area contributed by atoms with Gasteiger partial charge in [0.2, 0.25) is 11.7 Å². The van der Waals surface area contributed by atoms with Gasteiger partial charge in [0, 0.05) is 7.11 Å². The molecular formula is C15H14N2O5. The second-order valence-corrected chi connectivity index (χ2v) is 4.17. The number of nitrogens with zero attached hydrogens (tertiary/aromatic N) is 2. The van der Waals surface area contributed by atoms with Crippen LogP contribution in [0.3, 0.4) is 0 Å². The summed E-state index contributed by atoms with van der Waals surface area (Å²) in [5.41, 5.74) is -0.0687. The first-order valence-corrected chi connectivity index (χ1v) is 6.36. The van der Waals surface area contributed by atoms with E-state index in [0.717, 1.165) is 6.20 Å². The largest absolute Gasteiger partial charge is 0.464 e. The minimum atomic E-state index is -0.670. The van der Waals surface area contributed by atoms with Crippen LogP contribution >= 0.6 is 0 Å². The van der Waals surface area contributed by atoms with Crippen molar-refractivity contribution < 1.29 is 23.8 Å². The van der Waals surface area contributed by atoms with Crippen molar-refractivity contribution in [1.82, 2.24) is 9.97 Å². The molecule has 0 N–H and O–H groups in total. The molecule has 0 spiro atoms. The summed E-state index contributed by atoms with van der Waals surface area (Å²) >= 11 is 0. The van der Waals surface area contributed by atoms with Crippen molar-refractivity contribution in [1.29, 1.82) is 0 Å². The predicted molar refractivity (Wildman–Crippen MR) is 76.1 cm³/mol. The monoisotopic (exact) mass is 302 g/mol. The number of Topliss-reactive ketones (excluding diaryl/α,β-unsaturated/α-hetero) is 1. The molecule has 0 bridgehead atoms. The van der Waals surface area contributed by atoms with Crippen molar-refractivity contribution in [2.45, 2.75) is 0 Å². The molecule has 7 nitrogen and oxygen atoms in total. The average Bonchev–Trinajstić information content (AvgIpc) is 2.55. The van der Waals surface area contributed by atoms with Crippen molar-refractivity contribution in [2.24, 2.45) is 0 Å². The van der Waals surface area contributed by atoms with Crippen LogP contribution < -0.4 is 4.74 Å². The number of carbonyl (C=O) groups is 2. The van der Waals surface area contributed by atoms with Crippen molar-refractivity contribution in [3.63, 3.8) is 0 Å². The molecule has 114 valence electrons. The zero-order chi connectivity index (χ0) is 15.9. The first kappa shape index (κ1) is 15.6. The van der Waals surface area contributed by atoms with Crippen LogP contribution in [0.2, 0.25) is 0 Å². The first-order valence-electron chi connectivity index (χ1n) is 6.36. The van der Waals surface area contributed by atoms with Gasteiger partial charge in [-0.2, -0.15) is 0 Å². The molecule has 22 heavy (non-hydrogen) atoms. The fourth-order valence-corrected chi connectivity index (χ4v) is 1.64. The fraction of sp³-hybridized carbons (Fsp3) is 0.200. The number of methoxy groups -OCH3 is 2. The van der Waals surface area contributed by atoms with E-state index in [1.165, 1.54) is 14.2 Å². The summed E-state index contributed by atoms with van der Waals surface area (Å²) in [5, 5.41) is 0. The third kappa shape index (κ3) is 3.64. The summed E-state index contributed by atoms with van der Waals surface area (Å²) in [5.74, 6) is -0.685. The van der Waals surface area contributed by atoms with Gasteiger partial charge < -0.3 is 14.2 Å². The maximum Gasteiger partial charge on any atom is 0.358 e. The number of benzene rings is 1. The molecule has 0 radical (unpaired) electrons. The van der Waals surface area contributed by atoms with Gasteiger partial charge in [-0.1, -0.05) is 18.2 Å². The topological polar surface area (TPSA) is 87.6 Å². The molecule has 0 fully saturated rings. The Morgan fingerprint density at radius 1 is 1.14 bits per heavy atom. The van der Waals surface area contributed by atoms with E-state index in [4.69, 9.17) is 9.47 Å². The average molecular weight is 302 g/mol. The van der Waals surface area contributed by atoms with Gasteiger partial charge in [0.05, 0.1) is 13.3 Å². The van der Waals surface area contributed by atoms with E-state index in [1.54, 1.807) is 24.3 Å². The minimum Gasteiger partial charge on any atom is -0.464 e. The number of carbonyl (C=O) groups excluding carboxylic acids is 2. The molecule has 2 rings (SSSR count). The van der Waals surface area contributed by atoms with Crippen molar-refractivity contribution >= 4 is 11.8 Å². The summed E-state index contributed by atoms with van der Waals surface area (Å²) in [4.78, 5) is 31.5. The van der Waals surface area contributed by atoms with E-state index >= 15 is 0 Å². The number of hydrogen-bond acceptors (Lipinski definition) is 7. The second kappa shape index (κ2) is 7.28. The number of esters is 1. The maximum atomic E-state index is 12.0. The molecule has 0 atom stereocenters. The van der Waals surface area contributed by atoms with Crippen LogP contribution in [-0.4, -0.2) is 42.5 Å². The Balaban J connectivity index is 2.40. The van der Waals surface area contributed by atoms with Crippen molar-refractivity contribution in [2.75, 3.05) is 20.8 Å². The Bertz CT molecular complexity index is 673. The van der Waals surface area contributed by atoms with E-state index in [2.05, 4.69) is 14.7 Å². The van der Waals surface area contributed by atoms with Gasteiger partial charge >= 0.3 is 5.97 Å². The standard InChI is InChI=1S/C15H14N2O5/c1-20-9-12(18)13-14(22-10-6-4-3-5-7-10)17-11(8-16-13)15(19)21-2/h3-8H,9H2,1-2H3. The first-order chi connectivity index (χ1) is 10.7. The molecule has 0 unspecified atom stereocenters. The highest BCUT2D eigenvalue weighted by Crippen LogP contribution is 2.22. The second-order valence-electron chi connectivity index (χ2n) is 4.17. The lowest BCUT2D eigenvalue weighted by Crippen LogP contribution is -2.14. The quantitative estimate of drug-likeness (QED) is 0.594. The van der Waals surface area contributed by atoms with Crippen LogP contribution in [0.25, 0.3) is 0 Å². The predicted octanol–water partition coefficient (Wildman–Crippen LogP) is 1.88. The molecule has 2 aromatic rings. The smallest absolute Gasteiger partial charge is 0.358 e. The summed E-state index contributed by atoms with van der Waals surface area (Å²) in [6.45, 7) is -0.169. The van der Waals surface area contributed by atoms with Crippen LogP contribution in [0.15, 0.2) is 36.5 Å². The third-order valence-electron chi connectivity index (χ3n) is 2.63. The number of hydrogen-bond donors (Lipinski definition) is 0. The number of ether oxygens (including phenoxy) is 3. The van der Waals surface area contributed by atoms with Crippen LogP contribution in [0.5, 0.6) is 11.6 Å². The van der Waals surface area contributed by atoms with Gasteiger partial charge in [-0.15, -0.1) is 0 Å². The molecule has 0 aliphatic carbocycles. The molecule has 7 heteroatoms. The molecule has 0 saturated heterocycles. The summed E-state index contributed by atoms with van der Waals surface area (Å²) in [7, 11) is 2.62.